The van der Waals surface area contributed by atoms with Crippen LogP contribution in [0.1, 0.15) is 0 Å². The minimum absolute atomic E-state index is 0.337. The Kier molecular flexibility index (Phi) is 6.18. The highest BCUT2D eigenvalue weighted by Crippen LogP contribution is 2.34. The van der Waals surface area contributed by atoms with Gasteiger partial charge in [0.15, 0.2) is 5.82 Å². The predicted molar refractivity (Wildman–Crippen MR) is 114 cm³/mol. The highest BCUT2D eigenvalue weighted by molar-refractivity contribution is 6.30. The molecule has 0 fully saturated rings. The van der Waals surface area contributed by atoms with E-state index in [1.807, 2.05) is 61.5 Å². The second-order valence-electron chi connectivity index (χ2n) is 6.55. The number of nitrogens with two attached hydrogens (primary N) is 1. The van der Waals surface area contributed by atoms with Gasteiger partial charge in [0.2, 0.25) is 0 Å². The number of carbonyl (C=O) groups is 1. The van der Waals surface area contributed by atoms with Crippen molar-refractivity contribution in [3.05, 3.63) is 59.6 Å². The first-order valence-electron chi connectivity index (χ1n) is 8.85. The van der Waals surface area contributed by atoms with Crippen molar-refractivity contribution in [3.8, 4) is 16.9 Å². The fraction of sp³-hybridized carbons (Fsp3) is 0.200. The number of benzene rings is 2. The molecule has 8 heteroatoms. The maximum absolute atomic E-state index is 12.4. The minimum Gasteiger partial charge on any atom is -0.382 e. The molecule has 0 aliphatic heterocycles. The summed E-state index contributed by atoms with van der Waals surface area (Å²) in [5.74, 6) is 0.346. The normalized spacial score (nSPS) is 10.9. The molecular formula is C20H23ClN6O. The lowest BCUT2D eigenvalue weighted by Gasteiger charge is -2.12. The van der Waals surface area contributed by atoms with E-state index in [0.29, 0.717) is 28.8 Å². The van der Waals surface area contributed by atoms with Crippen LogP contribution < -0.4 is 16.4 Å². The summed E-state index contributed by atoms with van der Waals surface area (Å²) >= 11 is 6.00. The molecule has 0 unspecified atom stereocenters. The van der Waals surface area contributed by atoms with E-state index in [-0.39, 0.29) is 6.03 Å². The molecule has 0 saturated carbocycles. The molecule has 0 radical (unpaired) electrons. The SMILES string of the molecule is CN(C)CCNC(=O)Nc1c(-c2ccc(Cl)cc2)nn(-c2ccccc2)c1N. The topological polar surface area (TPSA) is 88.2 Å². The number of para-hydroxylation sites is 1. The molecule has 2 amide bonds. The van der Waals surface area contributed by atoms with Gasteiger partial charge in [-0.1, -0.05) is 41.9 Å². The van der Waals surface area contributed by atoms with Crippen LogP contribution in [0.2, 0.25) is 5.02 Å². The molecule has 0 aliphatic carbocycles. The Morgan fingerprint density at radius 1 is 1.14 bits per heavy atom. The molecule has 7 nitrogen and oxygen atoms in total. The van der Waals surface area contributed by atoms with Gasteiger partial charge in [-0.25, -0.2) is 9.48 Å². The summed E-state index contributed by atoms with van der Waals surface area (Å²) in [5.41, 5.74) is 8.98. The van der Waals surface area contributed by atoms with Crippen molar-refractivity contribution in [1.29, 1.82) is 0 Å². The van der Waals surface area contributed by atoms with E-state index in [0.717, 1.165) is 17.8 Å². The minimum atomic E-state index is -0.337. The van der Waals surface area contributed by atoms with Crippen molar-refractivity contribution < 1.29 is 4.79 Å². The van der Waals surface area contributed by atoms with Crippen molar-refractivity contribution in [2.24, 2.45) is 0 Å². The van der Waals surface area contributed by atoms with Gasteiger partial charge >= 0.3 is 6.03 Å². The van der Waals surface area contributed by atoms with Gasteiger partial charge in [0, 0.05) is 23.7 Å². The van der Waals surface area contributed by atoms with Gasteiger partial charge in [0.25, 0.3) is 0 Å². The first kappa shape index (κ1) is 19.7. The number of rotatable bonds is 6. The molecular weight excluding hydrogens is 376 g/mol. The van der Waals surface area contributed by atoms with Crippen molar-refractivity contribution in [3.63, 3.8) is 0 Å². The molecule has 1 aromatic heterocycles. The summed E-state index contributed by atoms with van der Waals surface area (Å²) in [5, 5.41) is 10.9. The first-order chi connectivity index (χ1) is 13.5. The quantitative estimate of drug-likeness (QED) is 0.593. The van der Waals surface area contributed by atoms with Crippen molar-refractivity contribution in [2.45, 2.75) is 0 Å². The van der Waals surface area contributed by atoms with Crippen LogP contribution in [0.5, 0.6) is 0 Å². The summed E-state index contributed by atoms with van der Waals surface area (Å²) in [7, 11) is 3.89. The summed E-state index contributed by atoms with van der Waals surface area (Å²) in [4.78, 5) is 14.4. The Hall–Kier alpha value is -3.03. The van der Waals surface area contributed by atoms with Crippen molar-refractivity contribution in [2.75, 3.05) is 38.2 Å². The third-order valence-corrected chi connectivity index (χ3v) is 4.37. The first-order valence-corrected chi connectivity index (χ1v) is 9.23. The standard InChI is InChI=1S/C20H23ClN6O/c1-26(2)13-12-23-20(28)24-18-17(14-8-10-15(21)11-9-14)25-27(19(18)22)16-6-4-3-5-7-16/h3-11H,12-13,22H2,1-2H3,(H2,23,24,28). The summed E-state index contributed by atoms with van der Waals surface area (Å²) in [6.07, 6.45) is 0. The molecule has 0 atom stereocenters. The number of aromatic nitrogens is 2. The van der Waals surface area contributed by atoms with Gasteiger partial charge in [0.05, 0.1) is 5.69 Å². The number of carbonyl (C=O) groups excluding carboxylic acids is 1. The van der Waals surface area contributed by atoms with Crippen molar-refractivity contribution in [1.82, 2.24) is 20.0 Å². The smallest absolute Gasteiger partial charge is 0.319 e. The monoisotopic (exact) mass is 398 g/mol. The van der Waals surface area contributed by atoms with E-state index in [1.54, 1.807) is 16.8 Å². The van der Waals surface area contributed by atoms with Crippen LogP contribution in [0.25, 0.3) is 16.9 Å². The maximum Gasteiger partial charge on any atom is 0.319 e. The van der Waals surface area contributed by atoms with Gasteiger partial charge in [-0.05, 0) is 38.4 Å². The highest BCUT2D eigenvalue weighted by Gasteiger charge is 2.20. The summed E-state index contributed by atoms with van der Waals surface area (Å²) in [6.45, 7) is 1.25. The number of halogens is 1. The van der Waals surface area contributed by atoms with Crippen LogP contribution in [0.15, 0.2) is 54.6 Å². The molecule has 1 heterocycles. The number of urea groups is 1. The average molecular weight is 399 g/mol. The zero-order valence-corrected chi connectivity index (χ0v) is 16.6. The molecule has 4 N–H and O–H groups in total. The lowest BCUT2D eigenvalue weighted by atomic mass is 10.1. The zero-order valence-electron chi connectivity index (χ0n) is 15.8. The van der Waals surface area contributed by atoms with Crippen LogP contribution >= 0.6 is 11.6 Å². The number of hydrogen-bond acceptors (Lipinski definition) is 4. The molecule has 0 bridgehead atoms. The summed E-state index contributed by atoms with van der Waals surface area (Å²) < 4.78 is 1.61. The van der Waals surface area contributed by atoms with Gasteiger partial charge in [-0.2, -0.15) is 5.10 Å². The van der Waals surface area contributed by atoms with E-state index < -0.39 is 0 Å². The highest BCUT2D eigenvalue weighted by atomic mass is 35.5. The van der Waals surface area contributed by atoms with E-state index in [4.69, 9.17) is 17.3 Å². The van der Waals surface area contributed by atoms with Gasteiger partial charge in [0.1, 0.15) is 11.4 Å². The van der Waals surface area contributed by atoms with Gasteiger partial charge in [-0.3, -0.25) is 0 Å². The third kappa shape index (κ3) is 4.62. The molecule has 0 saturated heterocycles. The fourth-order valence-corrected chi connectivity index (χ4v) is 2.81. The van der Waals surface area contributed by atoms with Crippen LogP contribution in [0.4, 0.5) is 16.3 Å². The predicted octanol–water partition coefficient (Wildman–Crippen LogP) is 3.46. The number of likely N-dealkylation sites (N-methyl/N-ethyl adjacent to an activating group) is 1. The largest absolute Gasteiger partial charge is 0.382 e. The molecule has 2 aromatic carbocycles. The Morgan fingerprint density at radius 3 is 2.46 bits per heavy atom. The Morgan fingerprint density at radius 2 is 1.82 bits per heavy atom. The van der Waals surface area contributed by atoms with E-state index in [1.165, 1.54) is 0 Å². The van der Waals surface area contributed by atoms with Crippen molar-refractivity contribution >= 4 is 29.1 Å². The number of amides is 2. The van der Waals surface area contributed by atoms with E-state index in [9.17, 15) is 4.79 Å². The van der Waals surface area contributed by atoms with E-state index in [2.05, 4.69) is 15.7 Å². The zero-order chi connectivity index (χ0) is 20.1. The molecule has 146 valence electrons. The molecule has 3 rings (SSSR count). The summed E-state index contributed by atoms with van der Waals surface area (Å²) in [6, 6.07) is 16.4. The number of anilines is 2. The Labute approximate surface area is 169 Å². The average Bonchev–Trinajstić information content (AvgIpc) is 2.99. The Bertz CT molecular complexity index is 937. The molecule has 0 aliphatic rings. The van der Waals surface area contributed by atoms with Gasteiger partial charge in [-0.15, -0.1) is 0 Å². The van der Waals surface area contributed by atoms with Crippen LogP contribution in [0, 0.1) is 0 Å². The molecule has 3 aromatic rings. The van der Waals surface area contributed by atoms with Gasteiger partial charge < -0.3 is 21.3 Å². The van der Waals surface area contributed by atoms with Crippen LogP contribution in [-0.4, -0.2) is 47.9 Å². The third-order valence-electron chi connectivity index (χ3n) is 4.12. The number of nitrogens with zero attached hydrogens (tertiary/aromatic N) is 3. The Balaban J connectivity index is 1.95. The second kappa shape index (κ2) is 8.77. The lowest BCUT2D eigenvalue weighted by molar-refractivity contribution is 0.250. The number of hydrogen-bond donors (Lipinski definition) is 3. The number of nitrogen functional groups attached to an aromatic ring is 1. The molecule has 28 heavy (non-hydrogen) atoms. The van der Waals surface area contributed by atoms with Crippen LogP contribution in [0.3, 0.4) is 0 Å². The van der Waals surface area contributed by atoms with Crippen LogP contribution in [-0.2, 0) is 0 Å². The number of nitrogens with one attached hydrogen (secondary N) is 2. The lowest BCUT2D eigenvalue weighted by Crippen LogP contribution is -2.34. The second-order valence-corrected chi connectivity index (χ2v) is 6.98. The maximum atomic E-state index is 12.4. The van der Waals surface area contributed by atoms with E-state index >= 15 is 0 Å². The molecule has 0 spiro atoms. The fourth-order valence-electron chi connectivity index (χ4n) is 2.68.